The van der Waals surface area contributed by atoms with E-state index in [0.29, 0.717) is 20.3 Å². The molecule has 0 amide bonds. The van der Waals surface area contributed by atoms with Gasteiger partial charge >= 0.3 is 0 Å². The lowest BCUT2D eigenvalue weighted by atomic mass is 10.1. The summed E-state index contributed by atoms with van der Waals surface area (Å²) in [4.78, 5) is 16.5. The summed E-state index contributed by atoms with van der Waals surface area (Å²) >= 11 is 4.32. The van der Waals surface area contributed by atoms with Crippen molar-refractivity contribution in [2.24, 2.45) is 0 Å². The van der Waals surface area contributed by atoms with Gasteiger partial charge in [-0.3, -0.25) is 8.77 Å². The van der Waals surface area contributed by atoms with Crippen molar-refractivity contribution in [2.45, 2.75) is 0 Å². The molecule has 0 unspecified atom stereocenters. The number of halogens is 2. The minimum absolute atomic E-state index is 0.0304. The van der Waals surface area contributed by atoms with Crippen LogP contribution in [0.3, 0.4) is 0 Å². The molecule has 3 rings (SSSR count). The standard InChI is InChI=1S/C13H5BrFN3OS2/c14-12-9(5-16)17-13(20-12)11(19)8-6-18(21-15)10-4-2-1-3-7(8)10/h1-4,6H. The topological polar surface area (TPSA) is 58.7 Å². The first-order valence-corrected chi connectivity index (χ1v) is 7.94. The van der Waals surface area contributed by atoms with Crippen molar-refractivity contribution in [1.29, 1.82) is 5.26 Å². The zero-order valence-electron chi connectivity index (χ0n) is 10.2. The monoisotopic (exact) mass is 381 g/mol. The van der Waals surface area contributed by atoms with Gasteiger partial charge in [0.25, 0.3) is 0 Å². The van der Waals surface area contributed by atoms with Gasteiger partial charge in [-0.05, 0) is 22.0 Å². The van der Waals surface area contributed by atoms with Crippen molar-refractivity contribution in [1.82, 2.24) is 8.96 Å². The van der Waals surface area contributed by atoms with E-state index in [1.54, 1.807) is 24.3 Å². The number of hydrogen-bond acceptors (Lipinski definition) is 5. The summed E-state index contributed by atoms with van der Waals surface area (Å²) in [7, 11) is 0. The highest BCUT2D eigenvalue weighted by Gasteiger charge is 2.21. The van der Waals surface area contributed by atoms with Crippen molar-refractivity contribution < 1.29 is 8.68 Å². The zero-order valence-corrected chi connectivity index (χ0v) is 13.4. The van der Waals surface area contributed by atoms with Crippen LogP contribution in [-0.4, -0.2) is 14.7 Å². The number of thiazole rings is 1. The Labute approximate surface area is 135 Å². The number of fused-ring (bicyclic) bond motifs is 1. The molecule has 3 aromatic rings. The summed E-state index contributed by atoms with van der Waals surface area (Å²) in [6.07, 6.45) is 1.44. The van der Waals surface area contributed by atoms with E-state index in [4.69, 9.17) is 5.26 Å². The third-order valence-electron chi connectivity index (χ3n) is 2.88. The molecule has 2 heterocycles. The SMILES string of the molecule is N#Cc1nc(C(=O)c2cn(SF)c3ccccc23)sc1Br. The van der Waals surface area contributed by atoms with Crippen LogP contribution >= 0.6 is 39.6 Å². The van der Waals surface area contributed by atoms with Gasteiger partial charge in [0.05, 0.1) is 11.1 Å². The molecule has 0 atom stereocenters. The molecule has 4 nitrogen and oxygen atoms in total. The quantitative estimate of drug-likeness (QED) is 0.633. The van der Waals surface area contributed by atoms with Crippen LogP contribution in [0.25, 0.3) is 10.9 Å². The lowest BCUT2D eigenvalue weighted by molar-refractivity contribution is 0.104. The molecule has 0 fully saturated rings. The number of carbonyl (C=O) groups excluding carboxylic acids is 1. The number of nitrogens with zero attached hydrogens (tertiary/aromatic N) is 3. The first kappa shape index (κ1) is 14.3. The molecule has 0 aliphatic rings. The molecular formula is C13H5BrFN3OS2. The first-order chi connectivity index (χ1) is 10.2. The number of hydrogen-bond donors (Lipinski definition) is 0. The van der Waals surface area contributed by atoms with Gasteiger partial charge in [-0.25, -0.2) is 4.98 Å². The summed E-state index contributed by atoms with van der Waals surface area (Å²) in [5.41, 5.74) is 1.15. The van der Waals surface area contributed by atoms with Crippen LogP contribution in [0.5, 0.6) is 0 Å². The maximum absolute atomic E-state index is 13.0. The molecule has 0 spiro atoms. The summed E-state index contributed by atoms with van der Waals surface area (Å²) in [6.45, 7) is 0. The summed E-state index contributed by atoms with van der Waals surface area (Å²) in [5.74, 6) is -0.328. The summed E-state index contributed by atoms with van der Waals surface area (Å²) in [5, 5.41) is 9.74. The number of rotatable bonds is 3. The van der Waals surface area contributed by atoms with E-state index < -0.39 is 0 Å². The van der Waals surface area contributed by atoms with Crippen molar-refractivity contribution in [3.05, 3.63) is 50.5 Å². The summed E-state index contributed by atoms with van der Waals surface area (Å²) in [6, 6.07) is 8.95. The molecule has 0 N–H and O–H groups in total. The fraction of sp³-hybridized carbons (Fsp3) is 0. The van der Waals surface area contributed by atoms with Gasteiger partial charge in [0.15, 0.2) is 23.0 Å². The Morgan fingerprint density at radius 3 is 2.90 bits per heavy atom. The Hall–Kier alpha value is -1.69. The summed E-state index contributed by atoms with van der Waals surface area (Å²) < 4.78 is 14.8. The van der Waals surface area contributed by atoms with Crippen molar-refractivity contribution >= 4 is 56.3 Å². The van der Waals surface area contributed by atoms with Gasteiger partial charge in [-0.1, -0.05) is 18.2 Å². The third-order valence-corrected chi connectivity index (χ3v) is 5.04. The number of carbonyl (C=O) groups is 1. The molecule has 21 heavy (non-hydrogen) atoms. The highest BCUT2D eigenvalue weighted by atomic mass is 79.9. The van der Waals surface area contributed by atoms with Gasteiger partial charge in [-0.15, -0.1) is 15.2 Å². The maximum atomic E-state index is 13.0. The van der Waals surface area contributed by atoms with E-state index in [0.717, 1.165) is 11.3 Å². The van der Waals surface area contributed by atoms with Gasteiger partial charge in [0, 0.05) is 11.6 Å². The molecule has 104 valence electrons. The number of nitriles is 1. The second-order valence-electron chi connectivity index (χ2n) is 4.04. The molecular weight excluding hydrogens is 377 g/mol. The smallest absolute Gasteiger partial charge is 0.223 e. The minimum Gasteiger partial charge on any atom is -0.286 e. The predicted molar refractivity (Wildman–Crippen MR) is 84.0 cm³/mol. The van der Waals surface area contributed by atoms with Crippen LogP contribution in [0.15, 0.2) is 34.2 Å². The lowest BCUT2D eigenvalue weighted by Gasteiger charge is -1.94. The van der Waals surface area contributed by atoms with Gasteiger partial charge in [0.2, 0.25) is 5.78 Å². The zero-order chi connectivity index (χ0) is 15.0. The minimum atomic E-state index is -0.328. The Bertz CT molecular complexity index is 897. The molecule has 0 bridgehead atoms. The van der Waals surface area contributed by atoms with Crippen LogP contribution in [0, 0.1) is 11.3 Å². The van der Waals surface area contributed by atoms with Gasteiger partial charge in [-0.2, -0.15) is 5.26 Å². The highest BCUT2D eigenvalue weighted by Crippen LogP contribution is 2.30. The van der Waals surface area contributed by atoms with Crippen LogP contribution in [0.4, 0.5) is 3.89 Å². The largest absolute Gasteiger partial charge is 0.286 e. The average molecular weight is 382 g/mol. The van der Waals surface area contributed by atoms with Crippen molar-refractivity contribution in [3.8, 4) is 6.07 Å². The second kappa shape index (κ2) is 5.60. The Kier molecular flexibility index (Phi) is 3.80. The van der Waals surface area contributed by atoms with Crippen molar-refractivity contribution in [3.63, 3.8) is 0 Å². The molecule has 0 saturated heterocycles. The fourth-order valence-corrected chi connectivity index (χ4v) is 3.68. The molecule has 0 aliphatic heterocycles. The highest BCUT2D eigenvalue weighted by molar-refractivity contribution is 9.11. The predicted octanol–water partition coefficient (Wildman–Crippen LogP) is 4.34. The Balaban J connectivity index is 2.16. The van der Waals surface area contributed by atoms with E-state index in [2.05, 4.69) is 20.9 Å². The molecule has 0 saturated carbocycles. The molecule has 8 heteroatoms. The maximum Gasteiger partial charge on any atom is 0.223 e. The lowest BCUT2D eigenvalue weighted by Crippen LogP contribution is -1.99. The average Bonchev–Trinajstić information content (AvgIpc) is 3.07. The van der Waals surface area contributed by atoms with Gasteiger partial charge < -0.3 is 0 Å². The van der Waals surface area contributed by atoms with Crippen LogP contribution < -0.4 is 0 Å². The molecule has 2 aromatic heterocycles. The molecule has 1 aromatic carbocycles. The van der Waals surface area contributed by atoms with Crippen LogP contribution in [0.1, 0.15) is 21.1 Å². The number of ketones is 1. The van der Waals surface area contributed by atoms with Gasteiger partial charge in [0.1, 0.15) is 9.86 Å². The van der Waals surface area contributed by atoms with E-state index in [-0.39, 0.29) is 28.8 Å². The van der Waals surface area contributed by atoms with E-state index >= 15 is 0 Å². The van der Waals surface area contributed by atoms with E-state index in [1.165, 1.54) is 10.2 Å². The van der Waals surface area contributed by atoms with Crippen LogP contribution in [0.2, 0.25) is 0 Å². The first-order valence-electron chi connectivity index (χ1n) is 5.66. The van der Waals surface area contributed by atoms with E-state index in [9.17, 15) is 8.68 Å². The normalized spacial score (nSPS) is 10.7. The Morgan fingerprint density at radius 1 is 1.48 bits per heavy atom. The molecule has 0 radical (unpaired) electrons. The third kappa shape index (κ3) is 2.37. The number of benzene rings is 1. The van der Waals surface area contributed by atoms with E-state index in [1.807, 2.05) is 6.07 Å². The second-order valence-corrected chi connectivity index (χ2v) is 6.89. The Morgan fingerprint density at radius 2 is 2.24 bits per heavy atom. The van der Waals surface area contributed by atoms with Crippen molar-refractivity contribution in [2.75, 3.05) is 0 Å². The fourth-order valence-electron chi connectivity index (χ4n) is 1.97. The number of para-hydroxylation sites is 1. The number of aromatic nitrogens is 2. The van der Waals surface area contributed by atoms with Crippen LogP contribution in [-0.2, 0) is 0 Å². The molecule has 0 aliphatic carbocycles.